The van der Waals surface area contributed by atoms with Crippen LogP contribution in [0, 0.1) is 0 Å². The largest absolute Gasteiger partial charge is 0.469 e. The van der Waals surface area contributed by atoms with Gasteiger partial charge >= 0.3 is 13.9 Å². The van der Waals surface area contributed by atoms with Gasteiger partial charge in [0.05, 0.1) is 27.7 Å². The predicted molar refractivity (Wildman–Crippen MR) is 126 cm³/mol. The second-order valence-electron chi connectivity index (χ2n) is 8.71. The van der Waals surface area contributed by atoms with Crippen LogP contribution in [-0.2, 0) is 9.09 Å². The summed E-state index contributed by atoms with van der Waals surface area (Å²) in [6.07, 6.45) is 11.5. The number of nitrogens with zero attached hydrogens (tertiary/aromatic N) is 2. The Kier molecular flexibility index (Phi) is 20.9. The minimum atomic E-state index is -4.26. The Bertz CT molecular complexity index is 469. The van der Waals surface area contributed by atoms with Crippen LogP contribution >= 0.6 is 7.82 Å². The van der Waals surface area contributed by atoms with Gasteiger partial charge in [-0.25, -0.2) is 9.36 Å². The van der Waals surface area contributed by atoms with E-state index < -0.39 is 7.82 Å². The number of hydrogen-bond acceptors (Lipinski definition) is 4. The standard InChI is InChI=1S/C16H34N2O2.C5H14NO4P/c1-3-5-6-7-8-9-10-11-12-13-18(14-15-19)16(20)17-4-2;1-6(2,3)4-5-10-11(7,8)9/h19H,3-15H2,1-2H3,(H,17,20);4-5H2,1-3H3,(H-,7,8,9)/p+1. The molecule has 9 nitrogen and oxygen atoms in total. The Morgan fingerprint density at radius 2 is 1.45 bits per heavy atom. The van der Waals surface area contributed by atoms with Crippen molar-refractivity contribution in [2.75, 3.05) is 60.5 Å². The van der Waals surface area contributed by atoms with Gasteiger partial charge in [-0.3, -0.25) is 4.52 Å². The molecule has 10 heteroatoms. The average molecular weight is 471 g/mol. The monoisotopic (exact) mass is 470 g/mol. The highest BCUT2D eigenvalue weighted by molar-refractivity contribution is 7.46. The van der Waals surface area contributed by atoms with Crippen molar-refractivity contribution in [3.8, 4) is 0 Å². The molecule has 0 saturated carbocycles. The van der Waals surface area contributed by atoms with Crippen LogP contribution < -0.4 is 5.32 Å². The van der Waals surface area contributed by atoms with Crippen molar-refractivity contribution >= 4 is 13.9 Å². The average Bonchev–Trinajstić information content (AvgIpc) is 2.64. The zero-order valence-electron chi connectivity index (χ0n) is 20.5. The maximum atomic E-state index is 11.7. The van der Waals surface area contributed by atoms with Gasteiger partial charge in [-0.05, 0) is 13.3 Å². The number of urea groups is 1. The first kappa shape index (κ1) is 32.5. The maximum Gasteiger partial charge on any atom is 0.469 e. The molecular weight excluding hydrogens is 421 g/mol. The zero-order valence-corrected chi connectivity index (χ0v) is 21.4. The normalized spacial score (nSPS) is 11.6. The first-order valence-electron chi connectivity index (χ1n) is 11.6. The molecule has 0 saturated heterocycles. The minimum absolute atomic E-state index is 0.0363. The number of aliphatic hydroxyl groups is 1. The second-order valence-corrected chi connectivity index (χ2v) is 9.95. The van der Waals surface area contributed by atoms with E-state index >= 15 is 0 Å². The summed E-state index contributed by atoms with van der Waals surface area (Å²) >= 11 is 0. The van der Waals surface area contributed by atoms with Crippen molar-refractivity contribution in [1.82, 2.24) is 10.2 Å². The van der Waals surface area contributed by atoms with Gasteiger partial charge in [0.1, 0.15) is 13.2 Å². The van der Waals surface area contributed by atoms with E-state index in [2.05, 4.69) is 16.8 Å². The molecular formula is C21H49N3O6P+. The van der Waals surface area contributed by atoms with Crippen LogP contribution in [0.2, 0.25) is 0 Å². The van der Waals surface area contributed by atoms with Crippen LogP contribution in [0.3, 0.4) is 0 Å². The molecule has 0 aromatic rings. The van der Waals surface area contributed by atoms with E-state index in [0.717, 1.165) is 13.0 Å². The Morgan fingerprint density at radius 1 is 0.935 bits per heavy atom. The molecule has 0 radical (unpaired) electrons. The summed E-state index contributed by atoms with van der Waals surface area (Å²) in [5.74, 6) is 0. The molecule has 0 spiro atoms. The fourth-order valence-electron chi connectivity index (χ4n) is 2.75. The lowest BCUT2D eigenvalue weighted by atomic mass is 10.1. The molecule has 0 fully saturated rings. The number of phosphoric acid groups is 1. The smallest absolute Gasteiger partial charge is 0.395 e. The molecule has 0 aliphatic carbocycles. The lowest BCUT2D eigenvalue weighted by molar-refractivity contribution is -0.870. The molecule has 4 N–H and O–H groups in total. The Hall–Kier alpha value is -0.700. The molecule has 0 aliphatic rings. The summed E-state index contributed by atoms with van der Waals surface area (Å²) < 4.78 is 15.1. The highest BCUT2D eigenvalue weighted by Gasteiger charge is 2.16. The Balaban J connectivity index is 0. The number of carbonyl (C=O) groups excluding carboxylic acids is 1. The van der Waals surface area contributed by atoms with Gasteiger partial charge in [0.15, 0.2) is 0 Å². The predicted octanol–water partition coefficient (Wildman–Crippen LogP) is 3.34. The highest BCUT2D eigenvalue weighted by atomic mass is 31.2. The van der Waals surface area contributed by atoms with Gasteiger partial charge in [0.2, 0.25) is 0 Å². The summed E-state index contributed by atoms with van der Waals surface area (Å²) in [5.41, 5.74) is 0. The number of phosphoric ester groups is 1. The quantitative estimate of drug-likeness (QED) is 0.147. The molecule has 188 valence electrons. The number of unbranched alkanes of at least 4 members (excludes halogenated alkanes) is 8. The van der Waals surface area contributed by atoms with Crippen molar-refractivity contribution in [3.63, 3.8) is 0 Å². The van der Waals surface area contributed by atoms with Crippen LogP contribution in [0.1, 0.15) is 71.6 Å². The van der Waals surface area contributed by atoms with Crippen LogP contribution in [0.15, 0.2) is 0 Å². The molecule has 0 atom stereocenters. The van der Waals surface area contributed by atoms with Crippen LogP contribution in [0.25, 0.3) is 0 Å². The number of hydrogen-bond donors (Lipinski definition) is 4. The molecule has 2 amide bonds. The first-order valence-corrected chi connectivity index (χ1v) is 13.1. The van der Waals surface area contributed by atoms with Crippen molar-refractivity contribution in [2.45, 2.75) is 71.6 Å². The van der Waals surface area contributed by atoms with E-state index in [1.54, 1.807) is 4.90 Å². The third-order valence-corrected chi connectivity index (χ3v) is 5.06. The first-order chi connectivity index (χ1) is 14.5. The summed E-state index contributed by atoms with van der Waals surface area (Å²) in [6, 6.07) is -0.0545. The van der Waals surface area contributed by atoms with Crippen LogP contribution in [-0.4, -0.2) is 90.8 Å². The highest BCUT2D eigenvalue weighted by Crippen LogP contribution is 2.35. The van der Waals surface area contributed by atoms with E-state index in [4.69, 9.17) is 14.9 Å². The third kappa shape index (κ3) is 27.3. The molecule has 0 rings (SSSR count). The summed E-state index contributed by atoms with van der Waals surface area (Å²) in [5, 5.41) is 11.8. The van der Waals surface area contributed by atoms with Gasteiger partial charge < -0.3 is 29.6 Å². The van der Waals surface area contributed by atoms with Crippen molar-refractivity contribution in [1.29, 1.82) is 0 Å². The number of nitrogens with one attached hydrogen (secondary N) is 1. The van der Waals surface area contributed by atoms with Crippen LogP contribution in [0.5, 0.6) is 0 Å². The van der Waals surface area contributed by atoms with Gasteiger partial charge in [-0.1, -0.05) is 58.3 Å². The van der Waals surface area contributed by atoms with E-state index in [1.165, 1.54) is 51.4 Å². The van der Waals surface area contributed by atoms with E-state index in [0.29, 0.717) is 24.1 Å². The van der Waals surface area contributed by atoms with Gasteiger partial charge in [-0.15, -0.1) is 0 Å². The second kappa shape index (κ2) is 19.9. The molecule has 0 heterocycles. The maximum absolute atomic E-state index is 11.7. The lowest BCUT2D eigenvalue weighted by Gasteiger charge is -2.23. The number of aliphatic hydroxyl groups excluding tert-OH is 1. The molecule has 0 unspecified atom stereocenters. The Labute approximate surface area is 190 Å². The van der Waals surface area contributed by atoms with Gasteiger partial charge in [-0.2, -0.15) is 0 Å². The number of likely N-dealkylation sites (N-methyl/N-ethyl adjacent to an activating group) is 1. The van der Waals surface area contributed by atoms with E-state index in [9.17, 15) is 9.36 Å². The number of carbonyl (C=O) groups is 1. The lowest BCUT2D eigenvalue weighted by Crippen LogP contribution is -2.41. The molecule has 0 aromatic carbocycles. The summed E-state index contributed by atoms with van der Waals surface area (Å²) in [7, 11) is 1.50. The fraction of sp³-hybridized carbons (Fsp3) is 0.952. The minimum Gasteiger partial charge on any atom is -0.395 e. The summed E-state index contributed by atoms with van der Waals surface area (Å²) in [6.45, 7) is 6.66. The molecule has 31 heavy (non-hydrogen) atoms. The van der Waals surface area contributed by atoms with Crippen molar-refractivity contribution in [2.24, 2.45) is 0 Å². The van der Waals surface area contributed by atoms with Crippen molar-refractivity contribution in [3.05, 3.63) is 0 Å². The zero-order chi connectivity index (χ0) is 24.2. The van der Waals surface area contributed by atoms with Gasteiger partial charge in [0.25, 0.3) is 0 Å². The number of rotatable bonds is 17. The number of quaternary nitrogens is 1. The van der Waals surface area contributed by atoms with Gasteiger partial charge in [0, 0.05) is 19.6 Å². The fourth-order valence-corrected chi connectivity index (χ4v) is 3.07. The Morgan fingerprint density at radius 3 is 1.87 bits per heavy atom. The number of amides is 2. The molecule has 0 aliphatic heterocycles. The molecule has 0 aromatic heterocycles. The summed E-state index contributed by atoms with van der Waals surface area (Å²) in [4.78, 5) is 30.0. The third-order valence-electron chi connectivity index (χ3n) is 4.54. The van der Waals surface area contributed by atoms with Crippen molar-refractivity contribution < 1.29 is 33.3 Å². The molecule has 0 bridgehead atoms. The van der Waals surface area contributed by atoms with Crippen LogP contribution in [0.4, 0.5) is 4.79 Å². The topological polar surface area (TPSA) is 119 Å². The SMILES string of the molecule is CCCCCCCCCCCN(CCO)C(=O)NCC.C[N+](C)(C)CCOP(=O)(O)O. The van der Waals surface area contributed by atoms with E-state index in [1.807, 2.05) is 28.1 Å². The van der Waals surface area contributed by atoms with E-state index in [-0.39, 0.29) is 19.2 Å².